The fraction of sp³-hybridized carbons (Fsp3) is 0.455. The minimum Gasteiger partial charge on any atom is -0.480 e. The Morgan fingerprint density at radius 3 is 2.59 bits per heavy atom. The Morgan fingerprint density at radius 1 is 1.53 bits per heavy atom. The fourth-order valence-corrected chi connectivity index (χ4v) is 1.83. The summed E-state index contributed by atoms with van der Waals surface area (Å²) in [7, 11) is 0. The van der Waals surface area contributed by atoms with E-state index in [1.54, 1.807) is 12.3 Å². The minimum absolute atomic E-state index is 0.219. The number of hydrogen-bond donors (Lipinski definition) is 2. The van der Waals surface area contributed by atoms with Crippen molar-refractivity contribution in [3.63, 3.8) is 0 Å². The number of hydrogen-bond acceptors (Lipinski definition) is 2. The summed E-state index contributed by atoms with van der Waals surface area (Å²) in [5.74, 6) is -1.09. The van der Waals surface area contributed by atoms with Crippen molar-refractivity contribution >= 4 is 27.8 Å². The number of aromatic amines is 1. The second-order valence-corrected chi connectivity index (χ2v) is 5.12. The second-order valence-electron chi connectivity index (χ2n) is 4.20. The molecule has 2 N–H and O–H groups in total. The smallest absolute Gasteiger partial charge is 0.323 e. The summed E-state index contributed by atoms with van der Waals surface area (Å²) in [5, 5.41) is 8.78. The number of aliphatic carboxylic acids is 1. The van der Waals surface area contributed by atoms with Gasteiger partial charge < -0.3 is 15.0 Å². The lowest BCUT2D eigenvalue weighted by molar-refractivity contribution is -0.137. The van der Waals surface area contributed by atoms with Gasteiger partial charge in [-0.05, 0) is 27.9 Å². The largest absolute Gasteiger partial charge is 0.480 e. The summed E-state index contributed by atoms with van der Waals surface area (Å²) >= 11 is 3.23. The van der Waals surface area contributed by atoms with Crippen LogP contribution in [0.3, 0.4) is 0 Å². The lowest BCUT2D eigenvalue weighted by atomic mass is 10.2. The Labute approximate surface area is 108 Å². The minimum atomic E-state index is -1.01. The van der Waals surface area contributed by atoms with Crippen LogP contribution in [0.1, 0.15) is 24.3 Å². The van der Waals surface area contributed by atoms with E-state index in [4.69, 9.17) is 5.11 Å². The van der Waals surface area contributed by atoms with E-state index in [2.05, 4.69) is 20.9 Å². The molecule has 0 aliphatic rings. The molecule has 0 aromatic carbocycles. The van der Waals surface area contributed by atoms with Gasteiger partial charge in [0.15, 0.2) is 0 Å². The maximum absolute atomic E-state index is 12.0. The summed E-state index contributed by atoms with van der Waals surface area (Å²) in [6.07, 6.45) is 1.64. The molecule has 0 aliphatic carbocycles. The Morgan fingerprint density at radius 2 is 2.18 bits per heavy atom. The van der Waals surface area contributed by atoms with Crippen LogP contribution in [0.25, 0.3) is 0 Å². The molecule has 0 saturated heterocycles. The van der Waals surface area contributed by atoms with Crippen molar-refractivity contribution in [1.82, 2.24) is 9.88 Å². The number of aromatic nitrogens is 1. The van der Waals surface area contributed by atoms with Crippen molar-refractivity contribution in [3.8, 4) is 0 Å². The van der Waals surface area contributed by atoms with Crippen molar-refractivity contribution in [2.45, 2.75) is 13.8 Å². The Kier molecular flexibility index (Phi) is 4.74. The number of carbonyl (C=O) groups excluding carboxylic acids is 1. The van der Waals surface area contributed by atoms with Gasteiger partial charge in [-0.15, -0.1) is 0 Å². The van der Waals surface area contributed by atoms with E-state index in [1.807, 2.05) is 13.8 Å². The quantitative estimate of drug-likeness (QED) is 0.873. The number of rotatable bonds is 5. The van der Waals surface area contributed by atoms with Crippen LogP contribution >= 0.6 is 15.9 Å². The average Bonchev–Trinajstić information content (AvgIpc) is 2.61. The number of carbonyl (C=O) groups is 2. The van der Waals surface area contributed by atoms with E-state index in [-0.39, 0.29) is 18.4 Å². The van der Waals surface area contributed by atoms with Gasteiger partial charge in [-0.1, -0.05) is 13.8 Å². The van der Waals surface area contributed by atoms with Gasteiger partial charge in [0.25, 0.3) is 5.91 Å². The number of carboxylic acid groups (broad SMARTS) is 1. The summed E-state index contributed by atoms with van der Waals surface area (Å²) in [5.41, 5.74) is 0.388. The molecule has 94 valence electrons. The van der Waals surface area contributed by atoms with E-state index in [0.29, 0.717) is 12.2 Å². The molecule has 5 nitrogen and oxygen atoms in total. The molecule has 6 heteroatoms. The molecule has 0 fully saturated rings. The van der Waals surface area contributed by atoms with E-state index in [9.17, 15) is 9.59 Å². The van der Waals surface area contributed by atoms with Crippen LogP contribution < -0.4 is 0 Å². The van der Waals surface area contributed by atoms with Gasteiger partial charge in [-0.2, -0.15) is 0 Å². The third kappa shape index (κ3) is 4.22. The zero-order valence-corrected chi connectivity index (χ0v) is 11.3. The molecule has 0 spiro atoms. The van der Waals surface area contributed by atoms with Gasteiger partial charge in [-0.25, -0.2) is 0 Å². The van der Waals surface area contributed by atoms with Crippen molar-refractivity contribution in [2.24, 2.45) is 5.92 Å². The van der Waals surface area contributed by atoms with Crippen molar-refractivity contribution in [1.29, 1.82) is 0 Å². The Hall–Kier alpha value is -1.30. The Balaban J connectivity index is 2.82. The molecule has 0 radical (unpaired) electrons. The van der Waals surface area contributed by atoms with Crippen LogP contribution in [0.15, 0.2) is 16.7 Å². The van der Waals surface area contributed by atoms with Crippen LogP contribution in [0.5, 0.6) is 0 Å². The number of halogens is 1. The van der Waals surface area contributed by atoms with Gasteiger partial charge >= 0.3 is 5.97 Å². The number of carboxylic acids is 1. The lowest BCUT2D eigenvalue weighted by Crippen LogP contribution is -2.38. The van der Waals surface area contributed by atoms with Crippen LogP contribution in [-0.4, -0.2) is 40.0 Å². The van der Waals surface area contributed by atoms with Gasteiger partial charge in [0.2, 0.25) is 0 Å². The summed E-state index contributed by atoms with van der Waals surface area (Å²) in [6, 6.07) is 1.64. The zero-order valence-electron chi connectivity index (χ0n) is 9.74. The van der Waals surface area contributed by atoms with Crippen LogP contribution in [0, 0.1) is 5.92 Å². The van der Waals surface area contributed by atoms with Crippen molar-refractivity contribution in [3.05, 3.63) is 22.4 Å². The zero-order chi connectivity index (χ0) is 13.0. The van der Waals surface area contributed by atoms with E-state index < -0.39 is 5.97 Å². The first-order valence-electron chi connectivity index (χ1n) is 5.25. The maximum Gasteiger partial charge on any atom is 0.323 e. The lowest BCUT2D eigenvalue weighted by Gasteiger charge is -2.22. The van der Waals surface area contributed by atoms with E-state index >= 15 is 0 Å². The molecule has 1 amide bonds. The average molecular weight is 303 g/mol. The van der Waals surface area contributed by atoms with Crippen molar-refractivity contribution < 1.29 is 14.7 Å². The standard InChI is InChI=1S/C11H15BrN2O3/c1-7(2)5-14(6-10(15)16)11(17)9-3-8(12)4-13-9/h3-4,7,13H,5-6H2,1-2H3,(H,15,16). The molecule has 1 rings (SSSR count). The molecular formula is C11H15BrN2O3. The van der Waals surface area contributed by atoms with E-state index in [0.717, 1.165) is 4.47 Å². The molecular weight excluding hydrogens is 288 g/mol. The van der Waals surface area contributed by atoms with Gasteiger partial charge in [0.05, 0.1) is 0 Å². The second kappa shape index (κ2) is 5.86. The molecule has 1 aromatic heterocycles. The predicted molar refractivity (Wildman–Crippen MR) is 66.9 cm³/mol. The number of nitrogens with zero attached hydrogens (tertiary/aromatic N) is 1. The normalized spacial score (nSPS) is 10.6. The summed E-state index contributed by atoms with van der Waals surface area (Å²) in [6.45, 7) is 4.01. The third-order valence-corrected chi connectivity index (χ3v) is 2.53. The first-order valence-corrected chi connectivity index (χ1v) is 6.04. The van der Waals surface area contributed by atoms with E-state index in [1.165, 1.54) is 4.90 Å². The van der Waals surface area contributed by atoms with Gasteiger partial charge in [0.1, 0.15) is 12.2 Å². The highest BCUT2D eigenvalue weighted by Crippen LogP contribution is 2.13. The van der Waals surface area contributed by atoms with Crippen LogP contribution in [0.2, 0.25) is 0 Å². The fourth-order valence-electron chi connectivity index (χ4n) is 1.49. The number of nitrogens with one attached hydrogen (secondary N) is 1. The summed E-state index contributed by atoms with van der Waals surface area (Å²) in [4.78, 5) is 26.9. The SMILES string of the molecule is CC(C)CN(CC(=O)O)C(=O)c1cc(Br)c[nH]1. The molecule has 0 aliphatic heterocycles. The number of H-pyrrole nitrogens is 1. The molecule has 0 bridgehead atoms. The van der Waals surface area contributed by atoms with Crippen LogP contribution in [0.4, 0.5) is 0 Å². The molecule has 1 heterocycles. The monoisotopic (exact) mass is 302 g/mol. The molecule has 0 unspecified atom stereocenters. The third-order valence-electron chi connectivity index (χ3n) is 2.08. The first kappa shape index (κ1) is 13.8. The van der Waals surface area contributed by atoms with Crippen molar-refractivity contribution in [2.75, 3.05) is 13.1 Å². The van der Waals surface area contributed by atoms with Gasteiger partial charge in [-0.3, -0.25) is 9.59 Å². The highest BCUT2D eigenvalue weighted by molar-refractivity contribution is 9.10. The molecule has 0 atom stereocenters. The molecule has 0 saturated carbocycles. The van der Waals surface area contributed by atoms with Gasteiger partial charge in [0, 0.05) is 17.2 Å². The molecule has 17 heavy (non-hydrogen) atoms. The first-order chi connectivity index (χ1) is 7.90. The Bertz CT molecular complexity index is 415. The van der Waals surface area contributed by atoms with Crippen LogP contribution in [-0.2, 0) is 4.79 Å². The molecule has 1 aromatic rings. The topological polar surface area (TPSA) is 73.4 Å². The summed E-state index contributed by atoms with van der Waals surface area (Å²) < 4.78 is 0.765. The maximum atomic E-state index is 12.0. The number of amides is 1. The highest BCUT2D eigenvalue weighted by Gasteiger charge is 2.20. The predicted octanol–water partition coefficient (Wildman–Crippen LogP) is 1.96. The highest BCUT2D eigenvalue weighted by atomic mass is 79.9.